The third kappa shape index (κ3) is 3.08. The number of H-pyrrole nitrogens is 1. The number of nitrogens with one attached hydrogen (secondary N) is 2. The maximum absolute atomic E-state index is 12.2. The first kappa shape index (κ1) is 15.6. The molecular weight excluding hydrogens is 306 g/mol. The van der Waals surface area contributed by atoms with Crippen molar-refractivity contribution in [2.24, 2.45) is 5.10 Å². The molecule has 2 N–H and O–H groups in total. The molecular formula is C18H17N3O3. The molecule has 2 aromatic carbocycles. The van der Waals surface area contributed by atoms with Gasteiger partial charge in [-0.2, -0.15) is 5.10 Å². The van der Waals surface area contributed by atoms with Crippen LogP contribution in [-0.2, 0) is 0 Å². The number of fused-ring (bicyclic) bond motifs is 1. The number of nitrogens with zero attached hydrogens (tertiary/aromatic N) is 1. The van der Waals surface area contributed by atoms with E-state index in [0.29, 0.717) is 17.1 Å². The molecule has 0 saturated carbocycles. The molecule has 6 nitrogen and oxygen atoms in total. The van der Waals surface area contributed by atoms with E-state index in [1.165, 1.54) is 0 Å². The Morgan fingerprint density at radius 2 is 1.92 bits per heavy atom. The highest BCUT2D eigenvalue weighted by atomic mass is 16.5. The summed E-state index contributed by atoms with van der Waals surface area (Å²) < 4.78 is 10.4. The number of aromatic amines is 1. The van der Waals surface area contributed by atoms with Crippen molar-refractivity contribution in [1.29, 1.82) is 0 Å². The highest BCUT2D eigenvalue weighted by molar-refractivity contribution is 6.06. The van der Waals surface area contributed by atoms with Crippen LogP contribution in [0.5, 0.6) is 11.5 Å². The van der Waals surface area contributed by atoms with Gasteiger partial charge in [0.25, 0.3) is 5.91 Å². The number of methoxy groups -OCH3 is 2. The topological polar surface area (TPSA) is 75.7 Å². The molecule has 6 heteroatoms. The minimum absolute atomic E-state index is 0.274. The number of aromatic nitrogens is 1. The Hall–Kier alpha value is -3.28. The third-order valence-electron chi connectivity index (χ3n) is 3.62. The molecule has 0 atom stereocenters. The second-order valence-corrected chi connectivity index (χ2v) is 5.06. The van der Waals surface area contributed by atoms with Crippen molar-refractivity contribution in [3.8, 4) is 11.5 Å². The first-order chi connectivity index (χ1) is 11.7. The van der Waals surface area contributed by atoms with Gasteiger partial charge < -0.3 is 14.5 Å². The molecule has 0 fully saturated rings. The number of hydrogen-bond donors (Lipinski definition) is 2. The van der Waals surface area contributed by atoms with Crippen molar-refractivity contribution in [3.05, 3.63) is 59.8 Å². The minimum Gasteiger partial charge on any atom is -0.493 e. The van der Waals surface area contributed by atoms with E-state index in [-0.39, 0.29) is 5.91 Å². The SMILES string of the molecule is COc1ccc(/C=N/NC(=O)c2c[nH]c3ccccc23)cc1OC. The largest absolute Gasteiger partial charge is 0.493 e. The van der Waals surface area contributed by atoms with Crippen LogP contribution in [0.25, 0.3) is 10.9 Å². The maximum Gasteiger partial charge on any atom is 0.273 e. The van der Waals surface area contributed by atoms with E-state index in [4.69, 9.17) is 9.47 Å². The fraction of sp³-hybridized carbons (Fsp3) is 0.111. The summed E-state index contributed by atoms with van der Waals surface area (Å²) in [5.41, 5.74) is 4.77. The van der Waals surface area contributed by atoms with Crippen LogP contribution in [-0.4, -0.2) is 31.3 Å². The van der Waals surface area contributed by atoms with Crippen molar-refractivity contribution in [1.82, 2.24) is 10.4 Å². The standard InChI is InChI=1S/C18H17N3O3/c1-23-16-8-7-12(9-17(16)24-2)10-20-21-18(22)14-11-19-15-6-4-3-5-13(14)15/h3-11,19H,1-2H3,(H,21,22)/b20-10+. The van der Waals surface area contributed by atoms with Gasteiger partial charge >= 0.3 is 0 Å². The van der Waals surface area contributed by atoms with Crippen LogP contribution in [0.4, 0.5) is 0 Å². The second-order valence-electron chi connectivity index (χ2n) is 5.06. The van der Waals surface area contributed by atoms with Gasteiger partial charge in [-0.3, -0.25) is 4.79 Å². The van der Waals surface area contributed by atoms with Crippen LogP contribution in [0, 0.1) is 0 Å². The van der Waals surface area contributed by atoms with E-state index in [0.717, 1.165) is 16.5 Å². The molecule has 1 aromatic heterocycles. The molecule has 1 heterocycles. The Labute approximate surface area is 139 Å². The zero-order valence-electron chi connectivity index (χ0n) is 13.4. The molecule has 122 valence electrons. The van der Waals surface area contributed by atoms with Crippen LogP contribution < -0.4 is 14.9 Å². The fourth-order valence-electron chi connectivity index (χ4n) is 2.42. The maximum atomic E-state index is 12.2. The highest BCUT2D eigenvalue weighted by Gasteiger charge is 2.10. The van der Waals surface area contributed by atoms with Gasteiger partial charge in [0.05, 0.1) is 26.0 Å². The third-order valence-corrected chi connectivity index (χ3v) is 3.62. The molecule has 24 heavy (non-hydrogen) atoms. The minimum atomic E-state index is -0.274. The van der Waals surface area contributed by atoms with Crippen molar-refractivity contribution < 1.29 is 14.3 Å². The zero-order chi connectivity index (χ0) is 16.9. The van der Waals surface area contributed by atoms with E-state index in [2.05, 4.69) is 15.5 Å². The highest BCUT2D eigenvalue weighted by Crippen LogP contribution is 2.26. The van der Waals surface area contributed by atoms with E-state index in [9.17, 15) is 4.79 Å². The molecule has 0 aliphatic rings. The van der Waals surface area contributed by atoms with E-state index >= 15 is 0 Å². The summed E-state index contributed by atoms with van der Waals surface area (Å²) in [7, 11) is 3.14. The van der Waals surface area contributed by atoms with Crippen LogP contribution in [0.1, 0.15) is 15.9 Å². The number of carbonyl (C=O) groups is 1. The van der Waals surface area contributed by atoms with Gasteiger partial charge in [-0.05, 0) is 29.8 Å². The Balaban J connectivity index is 1.73. The Morgan fingerprint density at radius 3 is 2.71 bits per heavy atom. The first-order valence-corrected chi connectivity index (χ1v) is 7.34. The lowest BCUT2D eigenvalue weighted by Gasteiger charge is -2.07. The first-order valence-electron chi connectivity index (χ1n) is 7.34. The molecule has 0 radical (unpaired) electrons. The van der Waals surface area contributed by atoms with Crippen molar-refractivity contribution in [2.45, 2.75) is 0 Å². The molecule has 0 spiro atoms. The second kappa shape index (κ2) is 6.87. The quantitative estimate of drug-likeness (QED) is 0.560. The molecule has 3 rings (SSSR count). The van der Waals surface area contributed by atoms with Crippen LogP contribution in [0.3, 0.4) is 0 Å². The van der Waals surface area contributed by atoms with Gasteiger partial charge in [0.2, 0.25) is 0 Å². The van der Waals surface area contributed by atoms with Crippen LogP contribution in [0.2, 0.25) is 0 Å². The number of para-hydroxylation sites is 1. The van der Waals surface area contributed by atoms with Gasteiger partial charge in [0.1, 0.15) is 0 Å². The lowest BCUT2D eigenvalue weighted by Crippen LogP contribution is -2.17. The molecule has 3 aromatic rings. The fourth-order valence-corrected chi connectivity index (χ4v) is 2.42. The summed E-state index contributed by atoms with van der Waals surface area (Å²) >= 11 is 0. The smallest absolute Gasteiger partial charge is 0.273 e. The normalized spacial score (nSPS) is 10.9. The molecule has 0 saturated heterocycles. The number of carbonyl (C=O) groups excluding carboxylic acids is 1. The Kier molecular flexibility index (Phi) is 4.47. The number of ether oxygens (including phenoxy) is 2. The van der Waals surface area contributed by atoms with Crippen LogP contribution in [0.15, 0.2) is 53.8 Å². The van der Waals surface area contributed by atoms with Crippen molar-refractivity contribution >= 4 is 23.0 Å². The Bertz CT molecular complexity index is 899. The summed E-state index contributed by atoms with van der Waals surface area (Å²) in [5, 5.41) is 4.86. The van der Waals surface area contributed by atoms with E-state index in [1.807, 2.05) is 30.3 Å². The van der Waals surface area contributed by atoms with E-state index < -0.39 is 0 Å². The summed E-state index contributed by atoms with van der Waals surface area (Å²) in [6, 6.07) is 13.0. The predicted octanol–water partition coefficient (Wildman–Crippen LogP) is 2.95. The molecule has 0 bridgehead atoms. The molecule has 1 amide bonds. The zero-order valence-corrected chi connectivity index (χ0v) is 13.4. The van der Waals surface area contributed by atoms with Gasteiger partial charge in [-0.1, -0.05) is 18.2 Å². The molecule has 0 aliphatic heterocycles. The van der Waals surface area contributed by atoms with E-state index in [1.54, 1.807) is 38.8 Å². The van der Waals surface area contributed by atoms with Crippen molar-refractivity contribution in [2.75, 3.05) is 14.2 Å². The number of amides is 1. The molecule has 0 unspecified atom stereocenters. The van der Waals surface area contributed by atoms with Crippen molar-refractivity contribution in [3.63, 3.8) is 0 Å². The van der Waals surface area contributed by atoms with Gasteiger partial charge in [0.15, 0.2) is 11.5 Å². The summed E-state index contributed by atoms with van der Waals surface area (Å²) in [6.45, 7) is 0. The average molecular weight is 323 g/mol. The predicted molar refractivity (Wildman–Crippen MR) is 92.9 cm³/mol. The van der Waals surface area contributed by atoms with Crippen LogP contribution >= 0.6 is 0 Å². The number of hydrazone groups is 1. The summed E-state index contributed by atoms with van der Waals surface area (Å²) in [5.74, 6) is 0.964. The van der Waals surface area contributed by atoms with Gasteiger partial charge in [-0.25, -0.2) is 5.43 Å². The van der Waals surface area contributed by atoms with Gasteiger partial charge in [0, 0.05) is 17.1 Å². The lowest BCUT2D eigenvalue weighted by molar-refractivity contribution is 0.0957. The monoisotopic (exact) mass is 323 g/mol. The Morgan fingerprint density at radius 1 is 1.12 bits per heavy atom. The molecule has 0 aliphatic carbocycles. The average Bonchev–Trinajstić information content (AvgIpc) is 3.05. The number of rotatable bonds is 5. The lowest BCUT2D eigenvalue weighted by atomic mass is 10.2. The van der Waals surface area contributed by atoms with Gasteiger partial charge in [-0.15, -0.1) is 0 Å². The number of hydrogen-bond acceptors (Lipinski definition) is 4. The number of benzene rings is 2. The summed E-state index contributed by atoms with van der Waals surface area (Å²) in [4.78, 5) is 15.3. The summed E-state index contributed by atoms with van der Waals surface area (Å²) in [6.07, 6.45) is 3.22.